The minimum absolute atomic E-state index is 0.558. The van der Waals surface area contributed by atoms with Crippen molar-refractivity contribution in [2.45, 2.75) is 13.3 Å². The quantitative estimate of drug-likeness (QED) is 0.833. The Morgan fingerprint density at radius 1 is 1.38 bits per heavy atom. The molecule has 4 nitrogen and oxygen atoms in total. The molecule has 2 rings (SSSR count). The lowest BCUT2D eigenvalue weighted by Crippen LogP contribution is -2.19. The first kappa shape index (κ1) is 10.4. The van der Waals surface area contributed by atoms with Gasteiger partial charge in [0.25, 0.3) is 0 Å². The number of rotatable bonds is 2. The predicted octanol–water partition coefficient (Wildman–Crippen LogP) is 2.04. The highest BCUT2D eigenvalue weighted by atomic mass is 16.2. The first-order valence-electron chi connectivity index (χ1n) is 5.16. The molecule has 4 heteroatoms. The molecule has 0 aliphatic heterocycles. The molecule has 1 amide bonds. The largest absolute Gasteiger partial charge is 0.350 e. The number of nitrogens with two attached hydrogens (primary N) is 1. The monoisotopic (exact) mass is 215 g/mol. The molecule has 16 heavy (non-hydrogen) atoms. The molecule has 0 unspecified atom stereocenters. The normalized spacial score (nSPS) is 10.3. The van der Waals surface area contributed by atoms with Crippen LogP contribution in [0.5, 0.6) is 0 Å². The topological polar surface area (TPSA) is 60.9 Å². The molecule has 0 atom stereocenters. The zero-order valence-electron chi connectivity index (χ0n) is 9.05. The van der Waals surface area contributed by atoms with Gasteiger partial charge < -0.3 is 5.73 Å². The van der Waals surface area contributed by atoms with Crippen LogP contribution in [0.3, 0.4) is 0 Å². The molecule has 0 radical (unpaired) electrons. The van der Waals surface area contributed by atoms with Crippen LogP contribution in [-0.2, 0) is 6.42 Å². The maximum Gasteiger partial charge on any atom is 0.339 e. The molecule has 2 N–H and O–H groups in total. The number of primary amides is 1. The summed E-state index contributed by atoms with van der Waals surface area (Å²) in [7, 11) is 0. The number of hydrogen-bond donors (Lipinski definition) is 1. The van der Waals surface area contributed by atoms with Crippen molar-refractivity contribution in [1.29, 1.82) is 0 Å². The fourth-order valence-corrected chi connectivity index (χ4v) is 1.64. The number of benzene rings is 1. The molecule has 0 aliphatic carbocycles. The molecule has 0 saturated carbocycles. The number of nitrogens with zero attached hydrogens (tertiary/aromatic N) is 2. The van der Waals surface area contributed by atoms with E-state index >= 15 is 0 Å². The highest BCUT2D eigenvalue weighted by Gasteiger charge is 2.11. The first-order chi connectivity index (χ1) is 7.72. The summed E-state index contributed by atoms with van der Waals surface area (Å²) in [4.78, 5) is 11.0. The van der Waals surface area contributed by atoms with Crippen molar-refractivity contribution in [3.05, 3.63) is 42.2 Å². The lowest BCUT2D eigenvalue weighted by Gasteiger charge is -1.98. The molecular formula is C12H13N3O. The van der Waals surface area contributed by atoms with Gasteiger partial charge in [0.1, 0.15) is 0 Å². The third-order valence-electron chi connectivity index (χ3n) is 2.44. The van der Waals surface area contributed by atoms with E-state index in [2.05, 4.69) is 5.10 Å². The van der Waals surface area contributed by atoms with E-state index in [4.69, 9.17) is 5.73 Å². The number of carbonyl (C=O) groups is 1. The van der Waals surface area contributed by atoms with Crippen molar-refractivity contribution in [2.24, 2.45) is 5.73 Å². The van der Waals surface area contributed by atoms with Crippen LogP contribution in [-0.4, -0.2) is 15.8 Å². The molecule has 1 aromatic heterocycles. The Morgan fingerprint density at radius 2 is 2.06 bits per heavy atom. The van der Waals surface area contributed by atoms with Crippen LogP contribution in [0.4, 0.5) is 4.79 Å². The minimum Gasteiger partial charge on any atom is -0.350 e. The molecule has 1 aromatic carbocycles. The number of aromatic nitrogens is 2. The fraction of sp³-hybridized carbons (Fsp3) is 0.167. The van der Waals surface area contributed by atoms with E-state index in [0.717, 1.165) is 23.2 Å². The Labute approximate surface area is 93.7 Å². The Balaban J connectivity index is 2.52. The Hall–Kier alpha value is -2.10. The first-order valence-corrected chi connectivity index (χ1v) is 5.16. The molecule has 1 heterocycles. The molecule has 0 aliphatic rings. The SMILES string of the molecule is CCc1nn(C(N)=O)cc1-c1ccccc1. The fourth-order valence-electron chi connectivity index (χ4n) is 1.64. The third kappa shape index (κ3) is 1.82. The van der Waals surface area contributed by atoms with Gasteiger partial charge in [0, 0.05) is 11.8 Å². The Kier molecular flexibility index (Phi) is 2.72. The second-order valence-electron chi connectivity index (χ2n) is 3.49. The summed E-state index contributed by atoms with van der Waals surface area (Å²) in [6, 6.07) is 9.28. The van der Waals surface area contributed by atoms with Gasteiger partial charge in [-0.1, -0.05) is 37.3 Å². The second-order valence-corrected chi connectivity index (χ2v) is 3.49. The van der Waals surface area contributed by atoms with Gasteiger partial charge in [-0.15, -0.1) is 0 Å². The number of hydrogen-bond acceptors (Lipinski definition) is 2. The standard InChI is InChI=1S/C12H13N3O/c1-2-11-10(8-15(14-11)12(13)16)9-6-4-3-5-7-9/h3-8H,2H2,1H3,(H2,13,16). The maximum absolute atomic E-state index is 11.0. The van der Waals surface area contributed by atoms with Crippen LogP contribution in [0.15, 0.2) is 36.5 Å². The summed E-state index contributed by atoms with van der Waals surface area (Å²) in [6.07, 6.45) is 2.45. The number of aryl methyl sites for hydroxylation is 1. The minimum atomic E-state index is -0.558. The second kappa shape index (κ2) is 4.18. The summed E-state index contributed by atoms with van der Waals surface area (Å²) in [5, 5.41) is 4.15. The summed E-state index contributed by atoms with van der Waals surface area (Å²) < 4.78 is 1.18. The van der Waals surface area contributed by atoms with Crippen LogP contribution in [0.2, 0.25) is 0 Å². The maximum atomic E-state index is 11.0. The van der Waals surface area contributed by atoms with E-state index in [0.29, 0.717) is 0 Å². The van der Waals surface area contributed by atoms with E-state index < -0.39 is 6.03 Å². The van der Waals surface area contributed by atoms with Crippen LogP contribution in [0.25, 0.3) is 11.1 Å². The Morgan fingerprint density at radius 3 is 2.62 bits per heavy atom. The van der Waals surface area contributed by atoms with Gasteiger partial charge in [0.15, 0.2) is 0 Å². The zero-order valence-corrected chi connectivity index (χ0v) is 9.05. The number of carbonyl (C=O) groups excluding carboxylic acids is 1. The predicted molar refractivity (Wildman–Crippen MR) is 62.0 cm³/mol. The van der Waals surface area contributed by atoms with Crippen molar-refractivity contribution in [2.75, 3.05) is 0 Å². The van der Waals surface area contributed by atoms with Crippen molar-refractivity contribution < 1.29 is 4.79 Å². The van der Waals surface area contributed by atoms with Crippen molar-refractivity contribution >= 4 is 6.03 Å². The van der Waals surface area contributed by atoms with Crippen LogP contribution < -0.4 is 5.73 Å². The molecule has 2 aromatic rings. The highest BCUT2D eigenvalue weighted by Crippen LogP contribution is 2.22. The average molecular weight is 215 g/mol. The van der Waals surface area contributed by atoms with Crippen molar-refractivity contribution in [3.8, 4) is 11.1 Å². The highest BCUT2D eigenvalue weighted by molar-refractivity contribution is 5.76. The molecular weight excluding hydrogens is 202 g/mol. The summed E-state index contributed by atoms with van der Waals surface area (Å²) in [5.41, 5.74) is 8.08. The number of amides is 1. The summed E-state index contributed by atoms with van der Waals surface area (Å²) >= 11 is 0. The average Bonchev–Trinajstić information content (AvgIpc) is 2.74. The van der Waals surface area contributed by atoms with Gasteiger partial charge in [-0.2, -0.15) is 9.78 Å². The van der Waals surface area contributed by atoms with Crippen molar-refractivity contribution in [3.63, 3.8) is 0 Å². The third-order valence-corrected chi connectivity index (χ3v) is 2.44. The Bertz CT molecular complexity index is 502. The van der Waals surface area contributed by atoms with E-state index in [-0.39, 0.29) is 0 Å². The summed E-state index contributed by atoms with van der Waals surface area (Å²) in [5.74, 6) is 0. The van der Waals surface area contributed by atoms with Gasteiger partial charge in [-0.3, -0.25) is 0 Å². The molecule has 0 bridgehead atoms. The van der Waals surface area contributed by atoms with Gasteiger partial charge in [0.05, 0.1) is 5.69 Å². The van der Waals surface area contributed by atoms with Gasteiger partial charge in [-0.25, -0.2) is 4.79 Å². The van der Waals surface area contributed by atoms with Crippen LogP contribution >= 0.6 is 0 Å². The zero-order chi connectivity index (χ0) is 11.5. The van der Waals surface area contributed by atoms with Crippen molar-refractivity contribution in [1.82, 2.24) is 9.78 Å². The van der Waals surface area contributed by atoms with Gasteiger partial charge in [0.2, 0.25) is 0 Å². The summed E-state index contributed by atoms with van der Waals surface area (Å²) in [6.45, 7) is 2.00. The van der Waals surface area contributed by atoms with Gasteiger partial charge in [-0.05, 0) is 12.0 Å². The van der Waals surface area contributed by atoms with E-state index in [1.807, 2.05) is 37.3 Å². The van der Waals surface area contributed by atoms with Crippen LogP contribution in [0.1, 0.15) is 12.6 Å². The molecule has 0 spiro atoms. The molecule has 82 valence electrons. The van der Waals surface area contributed by atoms with E-state index in [9.17, 15) is 4.79 Å². The molecule has 0 saturated heterocycles. The van der Waals surface area contributed by atoms with E-state index in [1.165, 1.54) is 4.68 Å². The van der Waals surface area contributed by atoms with Crippen LogP contribution in [0, 0.1) is 0 Å². The lowest BCUT2D eigenvalue weighted by molar-refractivity contribution is 0.247. The lowest BCUT2D eigenvalue weighted by atomic mass is 10.1. The van der Waals surface area contributed by atoms with Gasteiger partial charge >= 0.3 is 6.03 Å². The smallest absolute Gasteiger partial charge is 0.339 e. The molecule has 0 fully saturated rings. The van der Waals surface area contributed by atoms with E-state index in [1.54, 1.807) is 6.20 Å².